The molecule has 8 atom stereocenters. The molecule has 0 aromatic rings. The zero-order valence-electron chi connectivity index (χ0n) is 16.7. The van der Waals surface area contributed by atoms with Crippen LogP contribution in [-0.2, 0) is 0 Å². The third-order valence-electron chi connectivity index (χ3n) is 9.65. The minimum absolute atomic E-state index is 0.649. The van der Waals surface area contributed by atoms with Crippen LogP contribution in [0.4, 0.5) is 0 Å². The van der Waals surface area contributed by atoms with Gasteiger partial charge in [0.05, 0.1) is 0 Å². The summed E-state index contributed by atoms with van der Waals surface area (Å²) in [7, 11) is 0. The van der Waals surface area contributed by atoms with Gasteiger partial charge in [0.15, 0.2) is 0 Å². The Balaban J connectivity index is 1.57. The summed E-state index contributed by atoms with van der Waals surface area (Å²) in [5.74, 6) is 5.86. The maximum Gasteiger partial charge on any atom is -0.0264 e. The molecule has 0 saturated heterocycles. The summed E-state index contributed by atoms with van der Waals surface area (Å²) in [6.07, 6.45) is 20.0. The molecule has 0 spiro atoms. The first-order valence-corrected chi connectivity index (χ1v) is 11.2. The highest BCUT2D eigenvalue weighted by atomic mass is 14.6. The van der Waals surface area contributed by atoms with E-state index in [1.165, 1.54) is 64.2 Å². The fourth-order valence-electron chi connectivity index (χ4n) is 8.31. The van der Waals surface area contributed by atoms with Crippen LogP contribution < -0.4 is 0 Å². The van der Waals surface area contributed by atoms with E-state index in [-0.39, 0.29) is 0 Å². The van der Waals surface area contributed by atoms with E-state index < -0.39 is 0 Å². The summed E-state index contributed by atoms with van der Waals surface area (Å²) >= 11 is 0. The molecule has 4 fully saturated rings. The van der Waals surface area contributed by atoms with Gasteiger partial charge in [-0.25, -0.2) is 0 Å². The van der Waals surface area contributed by atoms with Crippen molar-refractivity contribution in [3.05, 3.63) is 12.8 Å². The second kappa shape index (κ2) is 6.31. The van der Waals surface area contributed by atoms with Gasteiger partial charge in [-0.2, -0.15) is 0 Å². The number of fused-ring (bicyclic) bond motifs is 5. The summed E-state index contributed by atoms with van der Waals surface area (Å²) in [5, 5.41) is 0. The van der Waals surface area contributed by atoms with E-state index in [1.54, 1.807) is 0 Å². The molecule has 0 heterocycles. The van der Waals surface area contributed by atoms with E-state index in [4.69, 9.17) is 0 Å². The second-order valence-electron chi connectivity index (χ2n) is 10.5. The monoisotopic (exact) mass is 328 g/mol. The molecule has 3 unspecified atom stereocenters. The first-order valence-electron chi connectivity index (χ1n) is 11.2. The summed E-state index contributed by atoms with van der Waals surface area (Å²) in [6, 6.07) is 0. The fraction of sp³-hybridized carbons (Fsp3) is 0.917. The average molecular weight is 329 g/mol. The quantitative estimate of drug-likeness (QED) is 0.518. The molecule has 0 nitrogen and oxygen atoms in total. The van der Waals surface area contributed by atoms with Crippen molar-refractivity contribution >= 4 is 0 Å². The molecule has 0 bridgehead atoms. The molecule has 24 heavy (non-hydrogen) atoms. The van der Waals surface area contributed by atoms with Crippen LogP contribution in [0.3, 0.4) is 0 Å². The van der Waals surface area contributed by atoms with Crippen LogP contribution in [-0.4, -0.2) is 0 Å². The van der Waals surface area contributed by atoms with E-state index >= 15 is 0 Å². The van der Waals surface area contributed by atoms with Crippen molar-refractivity contribution < 1.29 is 0 Å². The molecule has 4 aliphatic rings. The van der Waals surface area contributed by atoms with Gasteiger partial charge in [-0.15, -0.1) is 0 Å². The molecule has 0 aliphatic heterocycles. The van der Waals surface area contributed by atoms with Crippen molar-refractivity contribution in [1.82, 2.24) is 0 Å². The Morgan fingerprint density at radius 1 is 1.00 bits per heavy atom. The van der Waals surface area contributed by atoms with E-state index in [1.807, 2.05) is 0 Å². The molecule has 0 aromatic carbocycles. The van der Waals surface area contributed by atoms with Gasteiger partial charge < -0.3 is 0 Å². The van der Waals surface area contributed by atoms with Gasteiger partial charge in [-0.05, 0) is 111 Å². The largest absolute Gasteiger partial charge is 0.0654 e. The molecule has 0 aromatic heterocycles. The lowest BCUT2D eigenvalue weighted by molar-refractivity contribution is -0.0870. The SMILES string of the molecule is CCC[C@@H](C)[C@H]1CCC2C3[CH]C[C@@H]4C[CH]CC[C@]4(C)C3CC[C@@]21C. The summed E-state index contributed by atoms with van der Waals surface area (Å²) in [5.41, 5.74) is 1.30. The van der Waals surface area contributed by atoms with Gasteiger partial charge in [0.1, 0.15) is 0 Å². The minimum atomic E-state index is 0.649. The lowest BCUT2D eigenvalue weighted by atomic mass is 9.44. The topological polar surface area (TPSA) is 0 Å². The van der Waals surface area contributed by atoms with Gasteiger partial charge in [0.2, 0.25) is 0 Å². The highest BCUT2D eigenvalue weighted by Gasteiger charge is 2.60. The van der Waals surface area contributed by atoms with Gasteiger partial charge in [0, 0.05) is 0 Å². The van der Waals surface area contributed by atoms with E-state index in [0.29, 0.717) is 10.8 Å². The first-order chi connectivity index (χ1) is 11.5. The maximum atomic E-state index is 2.84. The molecule has 0 N–H and O–H groups in total. The van der Waals surface area contributed by atoms with Crippen LogP contribution in [0.2, 0.25) is 0 Å². The molecule has 4 saturated carbocycles. The van der Waals surface area contributed by atoms with Crippen LogP contribution in [0.1, 0.15) is 91.9 Å². The zero-order valence-corrected chi connectivity index (χ0v) is 16.7. The van der Waals surface area contributed by atoms with Crippen LogP contribution in [0.5, 0.6) is 0 Å². The van der Waals surface area contributed by atoms with E-state index in [9.17, 15) is 0 Å². The first kappa shape index (κ1) is 17.4. The Morgan fingerprint density at radius 3 is 2.58 bits per heavy atom. The van der Waals surface area contributed by atoms with Crippen molar-refractivity contribution in [2.24, 2.45) is 46.3 Å². The molecule has 4 rings (SSSR count). The van der Waals surface area contributed by atoms with Crippen molar-refractivity contribution in [2.45, 2.75) is 91.9 Å². The predicted molar refractivity (Wildman–Crippen MR) is 103 cm³/mol. The number of hydrogen-bond donors (Lipinski definition) is 0. The molecule has 4 aliphatic carbocycles. The third-order valence-corrected chi connectivity index (χ3v) is 9.65. The Bertz CT molecular complexity index is 453. The zero-order chi connectivity index (χ0) is 16.9. The molecule has 0 amide bonds. The smallest absolute Gasteiger partial charge is 0.0264 e. The van der Waals surface area contributed by atoms with Crippen LogP contribution in [0, 0.1) is 59.2 Å². The van der Waals surface area contributed by atoms with Gasteiger partial charge >= 0.3 is 0 Å². The molecule has 2 radical (unpaired) electrons. The van der Waals surface area contributed by atoms with Gasteiger partial charge in [-0.3, -0.25) is 0 Å². The Morgan fingerprint density at radius 2 is 1.79 bits per heavy atom. The van der Waals surface area contributed by atoms with Crippen LogP contribution >= 0.6 is 0 Å². The Kier molecular flexibility index (Phi) is 4.58. The highest BCUT2D eigenvalue weighted by molar-refractivity contribution is 5.14. The maximum absolute atomic E-state index is 2.84. The third kappa shape index (κ3) is 2.44. The Labute approximate surface area is 151 Å². The van der Waals surface area contributed by atoms with E-state index in [2.05, 4.69) is 40.5 Å². The normalized spacial score (nSPS) is 52.2. The molecule has 136 valence electrons. The second-order valence-corrected chi connectivity index (χ2v) is 10.5. The summed E-state index contributed by atoms with van der Waals surface area (Å²) in [4.78, 5) is 0. The number of hydrogen-bond acceptors (Lipinski definition) is 0. The number of rotatable bonds is 3. The van der Waals surface area contributed by atoms with E-state index in [0.717, 1.165) is 35.5 Å². The van der Waals surface area contributed by atoms with Gasteiger partial charge in [-0.1, -0.05) is 40.5 Å². The van der Waals surface area contributed by atoms with Crippen molar-refractivity contribution in [1.29, 1.82) is 0 Å². The Hall–Kier alpha value is 0. The summed E-state index contributed by atoms with van der Waals surface area (Å²) < 4.78 is 0. The standard InChI is InChI=1S/C24H40/c1-5-8-17(2)20-12-13-21-19-11-10-18-9-6-7-15-23(18,3)22(19)14-16-24(20,21)4/h6,11,17-22H,5,7-10,12-16H2,1-4H3/t17-,18+,19?,20-,21?,22?,23+,24-/m1/s1. The lowest BCUT2D eigenvalue weighted by Gasteiger charge is -2.60. The molecular formula is C24H40. The van der Waals surface area contributed by atoms with Crippen LogP contribution in [0.15, 0.2) is 0 Å². The van der Waals surface area contributed by atoms with Crippen molar-refractivity contribution in [2.75, 3.05) is 0 Å². The fourth-order valence-corrected chi connectivity index (χ4v) is 8.31. The molecular weight excluding hydrogens is 288 g/mol. The lowest BCUT2D eigenvalue weighted by Crippen LogP contribution is -2.53. The van der Waals surface area contributed by atoms with Crippen molar-refractivity contribution in [3.8, 4) is 0 Å². The highest BCUT2D eigenvalue weighted by Crippen LogP contribution is 2.68. The molecule has 0 heteroatoms. The van der Waals surface area contributed by atoms with Gasteiger partial charge in [0.25, 0.3) is 0 Å². The minimum Gasteiger partial charge on any atom is -0.0654 e. The average Bonchev–Trinajstić information content (AvgIpc) is 2.92. The van der Waals surface area contributed by atoms with Crippen LogP contribution in [0.25, 0.3) is 0 Å². The summed E-state index contributed by atoms with van der Waals surface area (Å²) in [6.45, 7) is 10.3. The predicted octanol–water partition coefficient (Wildman–Crippen LogP) is 7.10. The van der Waals surface area contributed by atoms with Crippen molar-refractivity contribution in [3.63, 3.8) is 0 Å².